The molecule has 4 N–H and O–H groups in total. The molecule has 0 radical (unpaired) electrons. The lowest BCUT2D eigenvalue weighted by atomic mass is 10.0. The summed E-state index contributed by atoms with van der Waals surface area (Å²) in [4.78, 5) is 12.4. The molecule has 3 rings (SSSR count). The second kappa shape index (κ2) is 9.31. The van der Waals surface area contributed by atoms with Crippen LogP contribution < -0.4 is 16.0 Å². The Morgan fingerprint density at radius 3 is 2.74 bits per heavy atom. The van der Waals surface area contributed by atoms with Crippen LogP contribution in [-0.2, 0) is 7.05 Å². The normalized spacial score (nSPS) is 14.3. The highest BCUT2D eigenvalue weighted by Crippen LogP contribution is 2.31. The monoisotopic (exact) mass is 518 g/mol. The number of hydrogen-bond acceptors (Lipinski definition) is 5. The first kappa shape index (κ1) is 23.1. The Bertz CT molecular complexity index is 1030. The maximum absolute atomic E-state index is 12.5. The van der Waals surface area contributed by atoms with Gasteiger partial charge in [0, 0.05) is 31.1 Å². The summed E-state index contributed by atoms with van der Waals surface area (Å²) in [6.07, 6.45) is 0.0892. The van der Waals surface area contributed by atoms with E-state index < -0.39 is 12.7 Å². The van der Waals surface area contributed by atoms with Gasteiger partial charge in [-0.25, -0.2) is 4.68 Å². The van der Waals surface area contributed by atoms with Crippen LogP contribution in [-0.4, -0.2) is 40.7 Å². The van der Waals surface area contributed by atoms with Crippen molar-refractivity contribution in [1.82, 2.24) is 15.1 Å². The molecule has 1 amide bonds. The van der Waals surface area contributed by atoms with Gasteiger partial charge in [-0.2, -0.15) is 18.3 Å². The maximum Gasteiger partial charge on any atom is 0.405 e. The Morgan fingerprint density at radius 1 is 1.42 bits per heavy atom. The Labute approximate surface area is 189 Å². The summed E-state index contributed by atoms with van der Waals surface area (Å²) in [5, 5.41) is 20.1. The number of anilines is 2. The minimum absolute atomic E-state index is 0.0256. The van der Waals surface area contributed by atoms with Crippen molar-refractivity contribution < 1.29 is 18.0 Å². The third-order valence-corrected chi connectivity index (χ3v) is 5.50. The molecule has 1 fully saturated rings. The number of hydrogen-bond donors (Lipinski definition) is 4. The van der Waals surface area contributed by atoms with Gasteiger partial charge < -0.3 is 21.4 Å². The number of benzene rings is 1. The molecule has 31 heavy (non-hydrogen) atoms. The first-order chi connectivity index (χ1) is 14.6. The molecular formula is C19H19BrClF3N6O. The van der Waals surface area contributed by atoms with E-state index in [1.54, 1.807) is 25.2 Å². The topological polar surface area (TPSA) is 94.8 Å². The number of carbonyl (C=O) groups excluding carboxylic acids is 1. The van der Waals surface area contributed by atoms with Crippen LogP contribution in [0.25, 0.3) is 5.57 Å². The second-order valence-electron chi connectivity index (χ2n) is 6.93. The summed E-state index contributed by atoms with van der Waals surface area (Å²) < 4.78 is 39.0. The largest absolute Gasteiger partial charge is 0.405 e. The van der Waals surface area contributed by atoms with Gasteiger partial charge in [0.2, 0.25) is 0 Å². The highest BCUT2D eigenvalue weighted by Gasteiger charge is 2.28. The lowest BCUT2D eigenvalue weighted by Crippen LogP contribution is -2.25. The van der Waals surface area contributed by atoms with Crippen molar-refractivity contribution in [3.63, 3.8) is 0 Å². The average molecular weight is 520 g/mol. The van der Waals surface area contributed by atoms with Crippen molar-refractivity contribution in [3.8, 4) is 0 Å². The van der Waals surface area contributed by atoms with Crippen molar-refractivity contribution in [2.45, 2.75) is 25.1 Å². The number of halogens is 5. The van der Waals surface area contributed by atoms with Gasteiger partial charge in [-0.05, 0) is 46.5 Å². The van der Waals surface area contributed by atoms with Gasteiger partial charge in [-0.1, -0.05) is 17.7 Å². The lowest BCUT2D eigenvalue weighted by molar-refractivity contribution is -0.115. The summed E-state index contributed by atoms with van der Waals surface area (Å²) in [5.74, 6) is 0.128. The minimum Gasteiger partial charge on any atom is -0.359 e. The first-order valence-corrected chi connectivity index (χ1v) is 10.4. The van der Waals surface area contributed by atoms with Crippen LogP contribution in [0.2, 0.25) is 5.02 Å². The van der Waals surface area contributed by atoms with E-state index in [-0.39, 0.29) is 17.8 Å². The predicted octanol–water partition coefficient (Wildman–Crippen LogP) is 4.80. The molecule has 2 aromatic rings. The molecule has 0 saturated heterocycles. The molecule has 7 nitrogen and oxygen atoms in total. The Morgan fingerprint density at radius 2 is 2.13 bits per heavy atom. The van der Waals surface area contributed by atoms with Crippen molar-refractivity contribution >= 4 is 56.9 Å². The number of aryl methyl sites for hydroxylation is 1. The Balaban J connectivity index is 1.80. The van der Waals surface area contributed by atoms with Crippen molar-refractivity contribution in [2.75, 3.05) is 17.2 Å². The van der Waals surface area contributed by atoms with Crippen molar-refractivity contribution in [1.29, 1.82) is 5.41 Å². The molecule has 0 aliphatic heterocycles. The van der Waals surface area contributed by atoms with Crippen LogP contribution >= 0.6 is 27.5 Å². The molecule has 1 aromatic heterocycles. The number of rotatable bonds is 8. The van der Waals surface area contributed by atoms with Crippen LogP contribution in [0.15, 0.2) is 28.9 Å². The van der Waals surface area contributed by atoms with Crippen LogP contribution in [0.3, 0.4) is 0 Å². The highest BCUT2D eigenvalue weighted by molar-refractivity contribution is 9.10. The van der Waals surface area contributed by atoms with Crippen LogP contribution in [0.1, 0.15) is 28.8 Å². The smallest absolute Gasteiger partial charge is 0.359 e. The van der Waals surface area contributed by atoms with Crippen LogP contribution in [0, 0.1) is 5.41 Å². The van der Waals surface area contributed by atoms with Crippen LogP contribution in [0.5, 0.6) is 0 Å². The molecule has 0 unspecified atom stereocenters. The minimum atomic E-state index is -4.38. The summed E-state index contributed by atoms with van der Waals surface area (Å²) in [7, 11) is 1.56. The van der Waals surface area contributed by atoms with Crippen molar-refractivity contribution in [3.05, 3.63) is 45.0 Å². The molecule has 0 bridgehead atoms. The molecule has 1 aromatic carbocycles. The van der Waals surface area contributed by atoms with Gasteiger partial charge in [0.15, 0.2) is 5.82 Å². The number of aromatic nitrogens is 2. The molecule has 0 spiro atoms. The zero-order valence-corrected chi connectivity index (χ0v) is 18.6. The zero-order valence-electron chi connectivity index (χ0n) is 16.3. The summed E-state index contributed by atoms with van der Waals surface area (Å²) >= 11 is 9.40. The lowest BCUT2D eigenvalue weighted by Gasteiger charge is -2.10. The van der Waals surface area contributed by atoms with Gasteiger partial charge in [-0.15, -0.1) is 0 Å². The van der Waals surface area contributed by atoms with E-state index in [1.165, 1.54) is 10.9 Å². The highest BCUT2D eigenvalue weighted by atomic mass is 79.9. The molecular weight excluding hydrogens is 501 g/mol. The fourth-order valence-electron chi connectivity index (χ4n) is 2.68. The van der Waals surface area contributed by atoms with E-state index in [0.717, 1.165) is 19.1 Å². The predicted molar refractivity (Wildman–Crippen MR) is 118 cm³/mol. The van der Waals surface area contributed by atoms with Gasteiger partial charge in [0.25, 0.3) is 5.91 Å². The quantitative estimate of drug-likeness (QED) is 0.377. The molecule has 1 saturated carbocycles. The Hall–Kier alpha value is -2.53. The summed E-state index contributed by atoms with van der Waals surface area (Å²) in [6.45, 7) is -1.22. The molecule has 166 valence electrons. The van der Waals surface area contributed by atoms with Crippen LogP contribution in [0.4, 0.5) is 24.8 Å². The van der Waals surface area contributed by atoms with Crippen molar-refractivity contribution in [2.24, 2.45) is 7.05 Å². The van der Waals surface area contributed by atoms with E-state index >= 15 is 0 Å². The standard InChI is InChI=1S/C19H19BrClF3N6O/c1-30-17(15(20)16(29-30)27-9-19(22,23)24)26-8-11(7-25)10-2-5-14(21)13(6-10)18(31)28-12-3-4-12/h2,5-8,12,25-26H,3-4,9H2,1H3,(H,27,29)(H,28,31)/b11-8+,25-7?. The number of carbonyl (C=O) groups is 1. The van der Waals surface area contributed by atoms with E-state index in [4.69, 9.17) is 17.0 Å². The number of allylic oxidation sites excluding steroid dienone is 1. The Kier molecular flexibility index (Phi) is 6.95. The molecule has 0 atom stereocenters. The number of amides is 1. The third-order valence-electron chi connectivity index (χ3n) is 4.42. The van der Waals surface area contributed by atoms with E-state index in [1.807, 2.05) is 0 Å². The van der Waals surface area contributed by atoms with Gasteiger partial charge in [0.1, 0.15) is 16.8 Å². The second-order valence-corrected chi connectivity index (χ2v) is 8.13. The molecule has 1 aliphatic carbocycles. The summed E-state index contributed by atoms with van der Waals surface area (Å²) in [6, 6.07) is 5.01. The van der Waals surface area contributed by atoms with Gasteiger partial charge in [-0.3, -0.25) is 4.79 Å². The van der Waals surface area contributed by atoms with E-state index in [2.05, 4.69) is 37.0 Å². The number of nitrogens with zero attached hydrogens (tertiary/aromatic N) is 2. The molecule has 1 aliphatic rings. The average Bonchev–Trinajstić information content (AvgIpc) is 3.47. The fourth-order valence-corrected chi connectivity index (χ4v) is 3.47. The number of nitrogens with one attached hydrogen (secondary N) is 4. The zero-order chi connectivity index (χ0) is 22.8. The molecule has 1 heterocycles. The number of alkyl halides is 3. The van der Waals surface area contributed by atoms with E-state index in [0.29, 0.717) is 32.0 Å². The third kappa shape index (κ3) is 6.01. The SMILES string of the molecule is Cn1nc(NCC(F)(F)F)c(Br)c1N/C=C(\C=N)c1ccc(Cl)c(C(=O)NC2CC2)c1. The maximum atomic E-state index is 12.5. The fraction of sp³-hybridized carbons (Fsp3) is 0.316. The first-order valence-electron chi connectivity index (χ1n) is 9.20. The summed E-state index contributed by atoms with van der Waals surface area (Å²) in [5.41, 5.74) is 1.30. The molecule has 12 heteroatoms. The van der Waals surface area contributed by atoms with E-state index in [9.17, 15) is 18.0 Å². The van der Waals surface area contributed by atoms with Gasteiger partial charge in [0.05, 0.1) is 10.6 Å². The van der Waals surface area contributed by atoms with Gasteiger partial charge >= 0.3 is 6.18 Å².